The zero-order valence-electron chi connectivity index (χ0n) is 21.4. The molecule has 1 aliphatic heterocycles. The first-order valence-electron chi connectivity index (χ1n) is 12.1. The number of aryl methyl sites for hydroxylation is 2. The van der Waals surface area contributed by atoms with Gasteiger partial charge >= 0.3 is 5.91 Å². The van der Waals surface area contributed by atoms with Gasteiger partial charge in [0.15, 0.2) is 5.13 Å². The number of Topliss-reactive ketones (excluding diaryl/α,β-unsaturated/α-hetero) is 1. The SMILES string of the molecule is COc1ccc2cc(/C(O)=C3\C(=O)C(=O)N(c4nc(C)c(C)s4)C3c3ccc(C(C)C)cc3)ccc2c1. The number of thiazole rings is 1. The van der Waals surface area contributed by atoms with Gasteiger partial charge in [-0.2, -0.15) is 0 Å². The summed E-state index contributed by atoms with van der Waals surface area (Å²) in [5.41, 5.74) is 3.21. The van der Waals surface area contributed by atoms with Crippen LogP contribution in [0, 0.1) is 13.8 Å². The lowest BCUT2D eigenvalue weighted by Crippen LogP contribution is -2.29. The number of methoxy groups -OCH3 is 1. The molecule has 0 bridgehead atoms. The van der Waals surface area contributed by atoms with Crippen LogP contribution in [0.2, 0.25) is 0 Å². The number of ether oxygens (including phenoxy) is 1. The molecule has 7 heteroatoms. The number of benzene rings is 3. The molecule has 188 valence electrons. The van der Waals surface area contributed by atoms with Gasteiger partial charge in [0.25, 0.3) is 5.78 Å². The monoisotopic (exact) mass is 512 g/mol. The van der Waals surface area contributed by atoms with E-state index >= 15 is 0 Å². The van der Waals surface area contributed by atoms with E-state index in [1.54, 1.807) is 13.2 Å². The third-order valence-corrected chi connectivity index (χ3v) is 7.98. The van der Waals surface area contributed by atoms with Gasteiger partial charge < -0.3 is 9.84 Å². The van der Waals surface area contributed by atoms with Gasteiger partial charge in [-0.05, 0) is 59.9 Å². The molecule has 3 aromatic carbocycles. The zero-order chi connectivity index (χ0) is 26.4. The maximum absolute atomic E-state index is 13.5. The average molecular weight is 513 g/mol. The van der Waals surface area contributed by atoms with E-state index < -0.39 is 17.7 Å². The van der Waals surface area contributed by atoms with Crippen molar-refractivity contribution in [2.24, 2.45) is 0 Å². The average Bonchev–Trinajstić information content (AvgIpc) is 3.37. The van der Waals surface area contributed by atoms with Gasteiger partial charge in [-0.1, -0.05) is 56.3 Å². The van der Waals surface area contributed by atoms with E-state index in [1.165, 1.54) is 16.2 Å². The Labute approximate surface area is 219 Å². The molecule has 4 aromatic rings. The summed E-state index contributed by atoms with van der Waals surface area (Å²) in [6.45, 7) is 8.03. The first-order chi connectivity index (χ1) is 17.7. The van der Waals surface area contributed by atoms with Gasteiger partial charge in [0, 0.05) is 10.4 Å². The number of aliphatic hydroxyl groups is 1. The van der Waals surface area contributed by atoms with Crippen LogP contribution in [0.5, 0.6) is 5.75 Å². The number of aromatic nitrogens is 1. The summed E-state index contributed by atoms with van der Waals surface area (Å²) in [6, 6.07) is 18.1. The van der Waals surface area contributed by atoms with E-state index in [0.717, 1.165) is 38.2 Å². The molecule has 0 spiro atoms. The number of nitrogens with zero attached hydrogens (tertiary/aromatic N) is 2. The predicted octanol–water partition coefficient (Wildman–Crippen LogP) is 6.67. The highest BCUT2D eigenvalue weighted by molar-refractivity contribution is 7.16. The minimum Gasteiger partial charge on any atom is -0.507 e. The highest BCUT2D eigenvalue weighted by Crippen LogP contribution is 2.44. The Bertz CT molecular complexity index is 1550. The fourth-order valence-corrected chi connectivity index (χ4v) is 5.56. The van der Waals surface area contributed by atoms with Crippen LogP contribution in [-0.4, -0.2) is 28.9 Å². The lowest BCUT2D eigenvalue weighted by molar-refractivity contribution is -0.132. The number of hydrogen-bond acceptors (Lipinski definition) is 6. The summed E-state index contributed by atoms with van der Waals surface area (Å²) in [5, 5.41) is 13.8. The minimum absolute atomic E-state index is 0.0562. The maximum atomic E-state index is 13.5. The van der Waals surface area contributed by atoms with Crippen molar-refractivity contribution in [2.45, 2.75) is 39.7 Å². The Hall–Kier alpha value is -3.97. The lowest BCUT2D eigenvalue weighted by atomic mass is 9.93. The molecule has 37 heavy (non-hydrogen) atoms. The Morgan fingerprint density at radius 2 is 1.68 bits per heavy atom. The molecule has 1 saturated heterocycles. The summed E-state index contributed by atoms with van der Waals surface area (Å²) in [7, 11) is 1.61. The summed E-state index contributed by atoms with van der Waals surface area (Å²) < 4.78 is 5.31. The second-order valence-electron chi connectivity index (χ2n) is 9.56. The number of carbonyl (C=O) groups excluding carboxylic acids is 2. The summed E-state index contributed by atoms with van der Waals surface area (Å²) in [6.07, 6.45) is 0. The second-order valence-corrected chi connectivity index (χ2v) is 10.7. The minimum atomic E-state index is -0.794. The molecule has 0 aliphatic carbocycles. The number of ketones is 1. The molecule has 2 heterocycles. The Morgan fingerprint density at radius 3 is 2.30 bits per heavy atom. The Kier molecular flexibility index (Phi) is 6.33. The summed E-state index contributed by atoms with van der Waals surface area (Å²) in [4.78, 5) is 33.8. The molecular formula is C30H28N2O4S. The van der Waals surface area contributed by atoms with Crippen molar-refractivity contribution in [3.63, 3.8) is 0 Å². The third-order valence-electron chi connectivity index (χ3n) is 6.91. The van der Waals surface area contributed by atoms with Gasteiger partial charge in [0.1, 0.15) is 11.5 Å². The highest BCUT2D eigenvalue weighted by Gasteiger charge is 2.48. The molecule has 1 N–H and O–H groups in total. The van der Waals surface area contributed by atoms with Crippen LogP contribution in [0.3, 0.4) is 0 Å². The van der Waals surface area contributed by atoms with E-state index in [-0.39, 0.29) is 11.3 Å². The van der Waals surface area contributed by atoms with E-state index in [2.05, 4.69) is 18.8 Å². The van der Waals surface area contributed by atoms with Crippen LogP contribution in [0.1, 0.15) is 53.1 Å². The Balaban J connectivity index is 1.69. The number of rotatable bonds is 5. The van der Waals surface area contributed by atoms with Crippen LogP contribution in [-0.2, 0) is 9.59 Å². The van der Waals surface area contributed by atoms with Crippen molar-refractivity contribution in [2.75, 3.05) is 12.0 Å². The van der Waals surface area contributed by atoms with Crippen molar-refractivity contribution in [3.8, 4) is 5.75 Å². The van der Waals surface area contributed by atoms with Gasteiger partial charge in [0.2, 0.25) is 0 Å². The molecule has 1 aromatic heterocycles. The number of aliphatic hydroxyl groups excluding tert-OH is 1. The molecule has 0 radical (unpaired) electrons. The quantitative estimate of drug-likeness (QED) is 0.183. The fraction of sp³-hybridized carbons (Fsp3) is 0.233. The summed E-state index contributed by atoms with van der Waals surface area (Å²) in [5.74, 6) is -0.564. The fourth-order valence-electron chi connectivity index (χ4n) is 4.62. The summed E-state index contributed by atoms with van der Waals surface area (Å²) >= 11 is 1.36. The zero-order valence-corrected chi connectivity index (χ0v) is 22.2. The molecule has 1 aliphatic rings. The van der Waals surface area contributed by atoms with Gasteiger partial charge in [-0.15, -0.1) is 11.3 Å². The number of amides is 1. The molecular weight excluding hydrogens is 484 g/mol. The largest absolute Gasteiger partial charge is 0.507 e. The van der Waals surface area contributed by atoms with Gasteiger partial charge in [-0.25, -0.2) is 4.98 Å². The van der Waals surface area contributed by atoms with Gasteiger partial charge in [-0.3, -0.25) is 14.5 Å². The molecule has 0 saturated carbocycles. The third kappa shape index (κ3) is 4.29. The van der Waals surface area contributed by atoms with E-state index in [0.29, 0.717) is 16.6 Å². The van der Waals surface area contributed by atoms with Crippen LogP contribution in [0.15, 0.2) is 66.2 Å². The number of fused-ring (bicyclic) bond motifs is 1. The number of anilines is 1. The van der Waals surface area contributed by atoms with Crippen molar-refractivity contribution >= 4 is 44.7 Å². The van der Waals surface area contributed by atoms with Crippen LogP contribution < -0.4 is 9.64 Å². The maximum Gasteiger partial charge on any atom is 0.301 e. The number of hydrogen-bond donors (Lipinski definition) is 1. The van der Waals surface area contributed by atoms with Crippen LogP contribution in [0.4, 0.5) is 5.13 Å². The van der Waals surface area contributed by atoms with E-state index in [4.69, 9.17) is 4.74 Å². The molecule has 1 fully saturated rings. The first kappa shape index (κ1) is 24.7. The van der Waals surface area contributed by atoms with Crippen molar-refractivity contribution in [1.29, 1.82) is 0 Å². The normalized spacial score (nSPS) is 17.2. The van der Waals surface area contributed by atoms with Crippen molar-refractivity contribution < 1.29 is 19.4 Å². The Morgan fingerprint density at radius 1 is 1.00 bits per heavy atom. The highest BCUT2D eigenvalue weighted by atomic mass is 32.1. The molecule has 5 rings (SSSR count). The van der Waals surface area contributed by atoms with Gasteiger partial charge in [0.05, 0.1) is 24.4 Å². The lowest BCUT2D eigenvalue weighted by Gasteiger charge is -2.23. The standard InChI is InChI=1S/C30H28N2O4S/c1-16(2)19-6-8-20(9-7-19)26-25(28(34)29(35)32(26)30-31-17(3)18(4)37-30)27(33)23-11-10-22-15-24(36-5)13-12-21(22)14-23/h6-16,26,33H,1-5H3/b27-25+. The molecule has 1 unspecified atom stereocenters. The number of carbonyl (C=O) groups is 2. The van der Waals surface area contributed by atoms with Crippen LogP contribution >= 0.6 is 11.3 Å². The van der Waals surface area contributed by atoms with E-state index in [9.17, 15) is 14.7 Å². The molecule has 1 amide bonds. The second kappa shape index (κ2) is 9.48. The predicted molar refractivity (Wildman–Crippen MR) is 147 cm³/mol. The van der Waals surface area contributed by atoms with Crippen LogP contribution in [0.25, 0.3) is 16.5 Å². The van der Waals surface area contributed by atoms with Crippen molar-refractivity contribution in [1.82, 2.24) is 4.98 Å². The smallest absolute Gasteiger partial charge is 0.301 e. The van der Waals surface area contributed by atoms with E-state index in [1.807, 2.05) is 68.4 Å². The first-order valence-corrected chi connectivity index (χ1v) is 12.9. The molecule has 1 atom stereocenters. The molecule has 6 nitrogen and oxygen atoms in total. The van der Waals surface area contributed by atoms with Crippen molar-refractivity contribution in [3.05, 3.63) is 93.5 Å². The topological polar surface area (TPSA) is 79.7 Å².